The first-order valence-corrected chi connectivity index (χ1v) is 14.7. The molecule has 2 unspecified atom stereocenters. The Morgan fingerprint density at radius 2 is 1.27 bits per heavy atom. The fourth-order valence-corrected chi connectivity index (χ4v) is 5.59. The summed E-state index contributed by atoms with van der Waals surface area (Å²) in [6, 6.07) is 12.9. The lowest BCUT2D eigenvalue weighted by molar-refractivity contribution is 0.0320. The van der Waals surface area contributed by atoms with Gasteiger partial charge in [-0.1, -0.05) is 106 Å². The van der Waals surface area contributed by atoms with Crippen molar-refractivity contribution < 1.29 is 22.3 Å². The number of halogens is 4. The van der Waals surface area contributed by atoms with Gasteiger partial charge in [-0.05, 0) is 47.9 Å². The molecule has 1 saturated heterocycles. The van der Waals surface area contributed by atoms with E-state index in [1.54, 1.807) is 54.6 Å². The van der Waals surface area contributed by atoms with Gasteiger partial charge in [0.15, 0.2) is 23.3 Å². The summed E-state index contributed by atoms with van der Waals surface area (Å²) >= 11 is 0. The van der Waals surface area contributed by atoms with Gasteiger partial charge in [-0.2, -0.15) is 0 Å². The van der Waals surface area contributed by atoms with Crippen LogP contribution in [0.5, 0.6) is 0 Å². The van der Waals surface area contributed by atoms with E-state index >= 15 is 13.2 Å². The molecule has 1 aliphatic heterocycles. The van der Waals surface area contributed by atoms with Crippen LogP contribution in [0.15, 0.2) is 61.2 Å². The van der Waals surface area contributed by atoms with Crippen molar-refractivity contribution in [2.24, 2.45) is 0 Å². The first-order valence-electron chi connectivity index (χ1n) is 14.7. The van der Waals surface area contributed by atoms with Crippen molar-refractivity contribution in [2.75, 3.05) is 6.61 Å². The Hall–Kier alpha value is -2.92. The van der Waals surface area contributed by atoms with Crippen molar-refractivity contribution in [3.05, 3.63) is 95.6 Å². The first kappa shape index (κ1) is 30.0. The third kappa shape index (κ3) is 7.23. The highest BCUT2D eigenvalue weighted by Crippen LogP contribution is 2.35. The molecule has 214 valence electrons. The first-order chi connectivity index (χ1) is 19.4. The average Bonchev–Trinajstić information content (AvgIpc) is 2.98. The zero-order valence-electron chi connectivity index (χ0n) is 23.5. The van der Waals surface area contributed by atoms with Crippen molar-refractivity contribution in [3.8, 4) is 22.3 Å². The molecule has 0 aromatic heterocycles. The number of aryl methyl sites for hydroxylation is 1. The predicted molar refractivity (Wildman–Crippen MR) is 155 cm³/mol. The molecule has 0 radical (unpaired) electrons. The van der Waals surface area contributed by atoms with Gasteiger partial charge < -0.3 is 4.74 Å². The highest BCUT2D eigenvalue weighted by molar-refractivity contribution is 5.71. The van der Waals surface area contributed by atoms with Gasteiger partial charge in [0.25, 0.3) is 0 Å². The molecule has 0 saturated carbocycles. The highest BCUT2D eigenvalue weighted by Gasteiger charge is 2.26. The van der Waals surface area contributed by atoms with E-state index in [2.05, 4.69) is 13.5 Å². The fraction of sp³-hybridized carbons (Fsp3) is 0.429. The summed E-state index contributed by atoms with van der Waals surface area (Å²) in [6.45, 7) is 6.24. The monoisotopic (exact) mass is 552 g/mol. The van der Waals surface area contributed by atoms with Crippen LogP contribution in [0.3, 0.4) is 0 Å². The van der Waals surface area contributed by atoms with Crippen LogP contribution in [0.2, 0.25) is 0 Å². The second-order valence-electron chi connectivity index (χ2n) is 10.9. The number of hydrogen-bond acceptors (Lipinski definition) is 1. The molecule has 1 heterocycles. The van der Waals surface area contributed by atoms with E-state index in [-0.39, 0.29) is 23.1 Å². The third-order valence-electron chi connectivity index (χ3n) is 8.09. The maximum Gasteiger partial charge on any atom is 0.166 e. The standard InChI is InChI=1S/C35H40F4O/c1-3-5-6-7-8-9-10-11-12-26-18-20-29(33(37)32(26)36)24-13-15-25(16-14-24)30-21-22-31(35(39)34(30)38)27-17-19-28(4-2)40-23-27/h4,13-16,18,20-22,27-28H,2-3,5-12,17,19,23H2,1H3. The molecule has 5 heteroatoms. The van der Waals surface area contributed by atoms with E-state index < -0.39 is 23.3 Å². The smallest absolute Gasteiger partial charge is 0.166 e. The molecule has 2 atom stereocenters. The summed E-state index contributed by atoms with van der Waals surface area (Å²) in [5.74, 6) is -3.68. The van der Waals surface area contributed by atoms with Crippen LogP contribution in [0.1, 0.15) is 88.2 Å². The molecule has 0 spiro atoms. The topological polar surface area (TPSA) is 9.23 Å². The molecule has 1 fully saturated rings. The number of hydrogen-bond donors (Lipinski definition) is 0. The SMILES string of the molecule is C=CC1CCC(c2ccc(-c3ccc(-c4ccc(CCCCCCCCCC)c(F)c4F)cc3)c(F)c2F)CO1. The molecule has 40 heavy (non-hydrogen) atoms. The van der Waals surface area contributed by atoms with Crippen LogP contribution < -0.4 is 0 Å². The zero-order valence-corrected chi connectivity index (χ0v) is 23.5. The summed E-state index contributed by atoms with van der Waals surface area (Å²) in [5.41, 5.74) is 1.93. The van der Waals surface area contributed by atoms with E-state index in [1.165, 1.54) is 32.1 Å². The average molecular weight is 553 g/mol. The van der Waals surface area contributed by atoms with Crippen molar-refractivity contribution in [1.29, 1.82) is 0 Å². The molecule has 0 aliphatic carbocycles. The highest BCUT2D eigenvalue weighted by atomic mass is 19.2. The summed E-state index contributed by atoms with van der Waals surface area (Å²) in [5, 5.41) is 0. The minimum absolute atomic E-state index is 0.0497. The molecule has 1 nitrogen and oxygen atoms in total. The molecule has 0 amide bonds. The second-order valence-corrected chi connectivity index (χ2v) is 10.9. The summed E-state index contributed by atoms with van der Waals surface area (Å²) in [4.78, 5) is 0. The normalized spacial score (nSPS) is 17.2. The molecule has 3 aromatic rings. The Balaban J connectivity index is 1.40. The van der Waals surface area contributed by atoms with E-state index in [1.807, 2.05) is 0 Å². The van der Waals surface area contributed by atoms with Crippen molar-refractivity contribution in [3.63, 3.8) is 0 Å². The van der Waals surface area contributed by atoms with Crippen molar-refractivity contribution in [1.82, 2.24) is 0 Å². The predicted octanol–water partition coefficient (Wildman–Crippen LogP) is 10.7. The fourth-order valence-electron chi connectivity index (χ4n) is 5.59. The summed E-state index contributed by atoms with van der Waals surface area (Å²) < 4.78 is 65.7. The van der Waals surface area contributed by atoms with Gasteiger partial charge in [-0.15, -0.1) is 6.58 Å². The lowest BCUT2D eigenvalue weighted by Gasteiger charge is -2.28. The molecular formula is C35H40F4O. The maximum atomic E-state index is 15.1. The van der Waals surface area contributed by atoms with E-state index in [4.69, 9.17) is 4.74 Å². The Kier molecular flexibility index (Phi) is 11.0. The van der Waals surface area contributed by atoms with Crippen LogP contribution in [0.25, 0.3) is 22.3 Å². The molecule has 3 aromatic carbocycles. The Morgan fingerprint density at radius 3 is 1.85 bits per heavy atom. The lowest BCUT2D eigenvalue weighted by Crippen LogP contribution is -2.23. The van der Waals surface area contributed by atoms with Crippen LogP contribution in [0, 0.1) is 23.3 Å². The van der Waals surface area contributed by atoms with Gasteiger partial charge in [0, 0.05) is 17.0 Å². The molecule has 1 aliphatic rings. The maximum absolute atomic E-state index is 15.1. The van der Waals surface area contributed by atoms with E-state index in [9.17, 15) is 4.39 Å². The number of unbranched alkanes of at least 4 members (excludes halogenated alkanes) is 7. The molecule has 4 rings (SSSR count). The molecule has 0 N–H and O–H groups in total. The quantitative estimate of drug-likeness (QED) is 0.116. The minimum atomic E-state index is -0.918. The van der Waals surface area contributed by atoms with Crippen molar-refractivity contribution in [2.45, 2.75) is 89.6 Å². The van der Waals surface area contributed by atoms with Crippen LogP contribution in [-0.4, -0.2) is 12.7 Å². The van der Waals surface area contributed by atoms with Gasteiger partial charge in [0.05, 0.1) is 12.7 Å². The van der Waals surface area contributed by atoms with Gasteiger partial charge in [0.1, 0.15) is 0 Å². The van der Waals surface area contributed by atoms with Crippen molar-refractivity contribution >= 4 is 0 Å². The summed E-state index contributed by atoms with van der Waals surface area (Å²) in [6.07, 6.45) is 12.8. The second kappa shape index (κ2) is 14.6. The lowest BCUT2D eigenvalue weighted by atomic mass is 9.89. The van der Waals surface area contributed by atoms with Crippen LogP contribution >= 0.6 is 0 Å². The molecule has 0 bridgehead atoms. The Labute approximate surface area is 236 Å². The largest absolute Gasteiger partial charge is 0.374 e. The Bertz CT molecular complexity index is 1260. The van der Waals surface area contributed by atoms with Crippen LogP contribution in [-0.2, 0) is 11.2 Å². The Morgan fingerprint density at radius 1 is 0.700 bits per heavy atom. The van der Waals surface area contributed by atoms with Gasteiger partial charge >= 0.3 is 0 Å². The zero-order chi connectivity index (χ0) is 28.5. The van der Waals surface area contributed by atoms with Gasteiger partial charge in [-0.25, -0.2) is 17.6 Å². The van der Waals surface area contributed by atoms with Gasteiger partial charge in [0.2, 0.25) is 0 Å². The number of rotatable bonds is 13. The molecular weight excluding hydrogens is 512 g/mol. The van der Waals surface area contributed by atoms with E-state index in [0.29, 0.717) is 41.7 Å². The summed E-state index contributed by atoms with van der Waals surface area (Å²) in [7, 11) is 0. The third-order valence-corrected chi connectivity index (χ3v) is 8.09. The number of ether oxygens (including phenoxy) is 1. The minimum Gasteiger partial charge on any atom is -0.374 e. The van der Waals surface area contributed by atoms with Crippen LogP contribution in [0.4, 0.5) is 17.6 Å². The van der Waals surface area contributed by atoms with Gasteiger partial charge in [-0.3, -0.25) is 0 Å². The van der Waals surface area contributed by atoms with E-state index in [0.717, 1.165) is 25.7 Å². The number of benzene rings is 3.